The number of hydrogen-bond donors (Lipinski definition) is 3. The summed E-state index contributed by atoms with van der Waals surface area (Å²) < 4.78 is 4.96. The summed E-state index contributed by atoms with van der Waals surface area (Å²) >= 11 is 1.55. The zero-order valence-corrected chi connectivity index (χ0v) is 18.6. The summed E-state index contributed by atoms with van der Waals surface area (Å²) in [6, 6.07) is 0. The molecule has 0 spiro atoms. The van der Waals surface area contributed by atoms with E-state index in [2.05, 4.69) is 10.2 Å². The van der Waals surface area contributed by atoms with Gasteiger partial charge in [-0.1, -0.05) is 12.8 Å². The number of carboxylic acid groups (broad SMARTS) is 2. The lowest BCUT2D eigenvalue weighted by Crippen LogP contribution is -2.28. The van der Waals surface area contributed by atoms with Crippen LogP contribution in [0.3, 0.4) is 0 Å². The number of thiophene rings is 1. The van der Waals surface area contributed by atoms with Gasteiger partial charge in [-0.05, 0) is 57.2 Å². The van der Waals surface area contributed by atoms with Crippen LogP contribution in [0.5, 0.6) is 0 Å². The summed E-state index contributed by atoms with van der Waals surface area (Å²) in [5.74, 6) is -3.99. The van der Waals surface area contributed by atoms with E-state index in [1.807, 2.05) is 0 Å². The number of hydrogen-bond acceptors (Lipinski definition) is 7. The van der Waals surface area contributed by atoms with Gasteiger partial charge >= 0.3 is 17.9 Å². The van der Waals surface area contributed by atoms with Gasteiger partial charge in [0.2, 0.25) is 5.91 Å². The highest BCUT2D eigenvalue weighted by molar-refractivity contribution is 7.17. The monoisotopic (exact) mass is 454 g/mol. The molecule has 3 N–H and O–H groups in total. The highest BCUT2D eigenvalue weighted by Crippen LogP contribution is 2.38. The Morgan fingerprint density at radius 3 is 2.16 bits per heavy atom. The van der Waals surface area contributed by atoms with Gasteiger partial charge in [0, 0.05) is 17.8 Å². The van der Waals surface area contributed by atoms with Gasteiger partial charge in [-0.25, -0.2) is 14.4 Å². The number of aryl methyl sites for hydroxylation is 1. The number of nitrogens with zero attached hydrogens (tertiary/aromatic N) is 1. The first-order chi connectivity index (χ1) is 14.8. The minimum Gasteiger partial charge on any atom is -0.473 e. The van der Waals surface area contributed by atoms with E-state index in [-0.39, 0.29) is 11.9 Å². The summed E-state index contributed by atoms with van der Waals surface area (Å²) in [6.45, 7) is 2.98. The van der Waals surface area contributed by atoms with Crippen molar-refractivity contribution in [2.45, 2.75) is 57.8 Å². The second-order valence-corrected chi connectivity index (χ2v) is 8.68. The second-order valence-electron chi connectivity index (χ2n) is 7.57. The van der Waals surface area contributed by atoms with Crippen LogP contribution in [0.25, 0.3) is 0 Å². The first-order valence-electron chi connectivity index (χ1n) is 10.5. The number of nitrogens with one attached hydrogen (secondary N) is 1. The predicted molar refractivity (Wildman–Crippen MR) is 116 cm³/mol. The van der Waals surface area contributed by atoms with Gasteiger partial charge in [-0.15, -0.1) is 11.3 Å². The SMILES string of the molecule is COC(=O)c1c(NC(=O)CCN2CCCCCC2)sc2c1CCCC2.O=C(O)C(=O)O. The van der Waals surface area contributed by atoms with Crippen LogP contribution in [-0.4, -0.2) is 65.7 Å². The number of esters is 1. The maximum atomic E-state index is 12.4. The number of rotatable bonds is 5. The number of carbonyl (C=O) groups is 4. The number of amides is 1. The highest BCUT2D eigenvalue weighted by Gasteiger charge is 2.27. The predicted octanol–water partition coefficient (Wildman–Crippen LogP) is 2.77. The zero-order chi connectivity index (χ0) is 22.8. The quantitative estimate of drug-likeness (QED) is 0.457. The molecule has 10 heteroatoms. The van der Waals surface area contributed by atoms with Crippen LogP contribution in [0.1, 0.15) is 65.7 Å². The highest BCUT2D eigenvalue weighted by atomic mass is 32.1. The van der Waals surface area contributed by atoms with E-state index in [0.29, 0.717) is 17.0 Å². The van der Waals surface area contributed by atoms with E-state index < -0.39 is 11.9 Å². The normalized spacial score (nSPS) is 16.2. The van der Waals surface area contributed by atoms with Crippen LogP contribution < -0.4 is 5.32 Å². The lowest BCUT2D eigenvalue weighted by atomic mass is 9.95. The standard InChI is InChI=1S/C19H28N2O3S.C2H2O4/c1-24-19(23)17-14-8-4-5-9-15(14)25-18(17)20-16(22)10-13-21-11-6-2-3-7-12-21;3-1(4)2(5)6/h2-13H2,1H3,(H,20,22);(H,3,4)(H,5,6). The molecule has 3 rings (SSSR count). The molecule has 0 radical (unpaired) electrons. The van der Waals surface area contributed by atoms with Crippen molar-refractivity contribution in [1.29, 1.82) is 0 Å². The number of fused-ring (bicyclic) bond motifs is 1. The molecule has 9 nitrogen and oxygen atoms in total. The number of ether oxygens (including phenoxy) is 1. The Bertz CT molecular complexity index is 786. The average molecular weight is 455 g/mol. The molecule has 1 saturated heterocycles. The van der Waals surface area contributed by atoms with Crippen molar-refractivity contribution < 1.29 is 34.1 Å². The van der Waals surface area contributed by atoms with Crippen molar-refractivity contribution >= 4 is 40.2 Å². The molecular formula is C21H30N2O7S. The molecule has 1 aromatic rings. The fraction of sp³-hybridized carbons (Fsp3) is 0.619. The molecule has 1 aromatic heterocycles. The molecular weight excluding hydrogens is 424 g/mol. The maximum Gasteiger partial charge on any atom is 0.414 e. The molecule has 31 heavy (non-hydrogen) atoms. The third-order valence-electron chi connectivity index (χ3n) is 5.35. The number of carboxylic acids is 2. The van der Waals surface area contributed by atoms with Crippen LogP contribution in [0.2, 0.25) is 0 Å². The van der Waals surface area contributed by atoms with Crippen molar-refractivity contribution in [1.82, 2.24) is 4.90 Å². The minimum atomic E-state index is -1.82. The Balaban J connectivity index is 0.000000501. The molecule has 2 heterocycles. The van der Waals surface area contributed by atoms with Crippen molar-refractivity contribution in [2.24, 2.45) is 0 Å². The van der Waals surface area contributed by atoms with E-state index >= 15 is 0 Å². The molecule has 1 amide bonds. The molecule has 0 atom stereocenters. The third-order valence-corrected chi connectivity index (χ3v) is 6.56. The molecule has 0 unspecified atom stereocenters. The summed E-state index contributed by atoms with van der Waals surface area (Å²) in [4.78, 5) is 46.5. The van der Waals surface area contributed by atoms with Crippen LogP contribution in [-0.2, 0) is 32.0 Å². The molecule has 172 valence electrons. The van der Waals surface area contributed by atoms with E-state index in [4.69, 9.17) is 24.5 Å². The topological polar surface area (TPSA) is 133 Å². The molecule has 0 saturated carbocycles. The summed E-state index contributed by atoms with van der Waals surface area (Å²) in [5.41, 5.74) is 1.68. The van der Waals surface area contributed by atoms with Crippen LogP contribution in [0, 0.1) is 0 Å². The average Bonchev–Trinajstić information content (AvgIpc) is 2.91. The number of aliphatic carboxylic acids is 2. The van der Waals surface area contributed by atoms with Crippen molar-refractivity contribution in [3.63, 3.8) is 0 Å². The second kappa shape index (κ2) is 12.4. The molecule has 0 aromatic carbocycles. The Hall–Kier alpha value is -2.46. The van der Waals surface area contributed by atoms with E-state index in [1.165, 1.54) is 37.7 Å². The number of likely N-dealkylation sites (tertiary alicyclic amines) is 1. The smallest absolute Gasteiger partial charge is 0.414 e. The number of anilines is 1. The van der Waals surface area contributed by atoms with Crippen LogP contribution in [0.4, 0.5) is 5.00 Å². The largest absolute Gasteiger partial charge is 0.473 e. The van der Waals surface area contributed by atoms with Gasteiger partial charge in [-0.3, -0.25) is 4.79 Å². The fourth-order valence-corrected chi connectivity index (χ4v) is 5.07. The van der Waals surface area contributed by atoms with Crippen molar-refractivity contribution in [2.75, 3.05) is 32.1 Å². The van der Waals surface area contributed by atoms with Gasteiger partial charge in [0.05, 0.1) is 12.7 Å². The first kappa shape index (κ1) is 24.8. The molecule has 0 bridgehead atoms. The third kappa shape index (κ3) is 7.62. The molecule has 1 aliphatic carbocycles. The first-order valence-corrected chi connectivity index (χ1v) is 11.4. The molecule has 2 aliphatic rings. The maximum absolute atomic E-state index is 12.4. The van der Waals surface area contributed by atoms with E-state index in [1.54, 1.807) is 11.3 Å². The molecule has 1 aliphatic heterocycles. The van der Waals surface area contributed by atoms with Gasteiger partial charge in [0.25, 0.3) is 0 Å². The Labute approximate surface area is 185 Å². The zero-order valence-electron chi connectivity index (χ0n) is 17.8. The van der Waals surface area contributed by atoms with Gasteiger partial charge in [-0.2, -0.15) is 0 Å². The van der Waals surface area contributed by atoms with Gasteiger partial charge in [0.1, 0.15) is 5.00 Å². The lowest BCUT2D eigenvalue weighted by Gasteiger charge is -2.19. The Kier molecular flexibility index (Phi) is 9.93. The van der Waals surface area contributed by atoms with Crippen molar-refractivity contribution in [3.8, 4) is 0 Å². The number of methoxy groups -OCH3 is 1. The summed E-state index contributed by atoms with van der Waals surface area (Å²) in [5, 5.41) is 18.5. The van der Waals surface area contributed by atoms with E-state index in [0.717, 1.165) is 50.9 Å². The van der Waals surface area contributed by atoms with Gasteiger partial charge in [0.15, 0.2) is 0 Å². The summed E-state index contributed by atoms with van der Waals surface area (Å²) in [7, 11) is 1.40. The number of carbonyl (C=O) groups excluding carboxylic acids is 2. The van der Waals surface area contributed by atoms with E-state index in [9.17, 15) is 9.59 Å². The lowest BCUT2D eigenvalue weighted by molar-refractivity contribution is -0.159. The minimum absolute atomic E-state index is 0.00648. The van der Waals surface area contributed by atoms with Crippen LogP contribution >= 0.6 is 11.3 Å². The summed E-state index contributed by atoms with van der Waals surface area (Å²) in [6.07, 6.45) is 9.67. The Morgan fingerprint density at radius 1 is 0.968 bits per heavy atom. The Morgan fingerprint density at radius 2 is 1.58 bits per heavy atom. The van der Waals surface area contributed by atoms with Crippen molar-refractivity contribution in [3.05, 3.63) is 16.0 Å². The van der Waals surface area contributed by atoms with Crippen LogP contribution in [0.15, 0.2) is 0 Å². The molecule has 1 fully saturated rings. The van der Waals surface area contributed by atoms with Gasteiger partial charge < -0.3 is 25.2 Å². The fourth-order valence-electron chi connectivity index (χ4n) is 3.78.